The van der Waals surface area contributed by atoms with Gasteiger partial charge in [-0.15, -0.1) is 0 Å². The Kier molecular flexibility index (Phi) is 4.59. The molecule has 0 aliphatic carbocycles. The maximum Gasteiger partial charge on any atom is 0.335 e. The summed E-state index contributed by atoms with van der Waals surface area (Å²) in [5, 5.41) is 18.8. The van der Waals surface area contributed by atoms with Crippen molar-refractivity contribution < 1.29 is 14.3 Å². The molecule has 0 radical (unpaired) electrons. The second kappa shape index (κ2) is 7.34. The molecule has 0 bridgehead atoms. The molecule has 0 spiro atoms. The molecule has 5 nitrogen and oxygen atoms in total. The van der Waals surface area contributed by atoms with Crippen LogP contribution in [0.2, 0.25) is 0 Å². The van der Waals surface area contributed by atoms with Gasteiger partial charge in [0, 0.05) is 27.7 Å². The highest BCUT2D eigenvalue weighted by molar-refractivity contribution is 6.06. The van der Waals surface area contributed by atoms with Crippen molar-refractivity contribution in [1.29, 1.82) is 0 Å². The van der Waals surface area contributed by atoms with Crippen LogP contribution in [0.15, 0.2) is 60.8 Å². The van der Waals surface area contributed by atoms with Crippen LogP contribution in [0, 0.1) is 12.7 Å². The van der Waals surface area contributed by atoms with Gasteiger partial charge in [-0.25, -0.2) is 9.18 Å². The van der Waals surface area contributed by atoms with E-state index in [-0.39, 0.29) is 17.3 Å². The lowest BCUT2D eigenvalue weighted by Crippen LogP contribution is -2.04. The minimum Gasteiger partial charge on any atom is -0.478 e. The third-order valence-electron chi connectivity index (χ3n) is 5.81. The zero-order chi connectivity index (χ0) is 22.6. The number of carboxylic acid groups (broad SMARTS) is 1. The molecule has 0 fully saturated rings. The summed E-state index contributed by atoms with van der Waals surface area (Å²) in [7, 11) is 0. The molecular weight excluding hydrogens is 405 g/mol. The van der Waals surface area contributed by atoms with Gasteiger partial charge in [-0.2, -0.15) is 5.10 Å². The van der Waals surface area contributed by atoms with Crippen molar-refractivity contribution in [3.05, 3.63) is 83.4 Å². The first-order valence-corrected chi connectivity index (χ1v) is 10.5. The zero-order valence-electron chi connectivity index (χ0n) is 18.0. The second-order valence-corrected chi connectivity index (χ2v) is 8.45. The molecule has 5 rings (SSSR count). The van der Waals surface area contributed by atoms with E-state index >= 15 is 0 Å². The highest BCUT2D eigenvalue weighted by Gasteiger charge is 2.23. The third kappa shape index (κ3) is 3.15. The van der Waals surface area contributed by atoms with Gasteiger partial charge in [0.15, 0.2) is 0 Å². The number of aromatic amines is 1. The van der Waals surface area contributed by atoms with Crippen molar-refractivity contribution in [3.63, 3.8) is 0 Å². The molecule has 2 N–H and O–H groups in total. The number of aryl methyl sites for hydroxylation is 1. The SMILES string of the molecule is Cc1cc(C(=O)O)cc(-c2c(C(C)C)n(-c3ccc(F)cc3)c3cc4cn[nH]c4cc23)c1. The van der Waals surface area contributed by atoms with Crippen LogP contribution in [-0.4, -0.2) is 25.8 Å². The number of rotatable bonds is 4. The van der Waals surface area contributed by atoms with E-state index in [0.717, 1.165) is 49.9 Å². The molecule has 2 heterocycles. The quantitative estimate of drug-likeness (QED) is 0.347. The number of halogens is 1. The van der Waals surface area contributed by atoms with Crippen molar-refractivity contribution >= 4 is 27.8 Å². The summed E-state index contributed by atoms with van der Waals surface area (Å²) in [4.78, 5) is 11.8. The number of nitrogens with one attached hydrogen (secondary N) is 1. The summed E-state index contributed by atoms with van der Waals surface area (Å²) in [6.07, 6.45) is 1.78. The Bertz CT molecular complexity index is 1490. The Morgan fingerprint density at radius 3 is 2.53 bits per heavy atom. The van der Waals surface area contributed by atoms with Gasteiger partial charge in [0.25, 0.3) is 0 Å². The summed E-state index contributed by atoms with van der Waals surface area (Å²) in [6, 6.07) is 16.0. The minimum atomic E-state index is -0.959. The van der Waals surface area contributed by atoms with Gasteiger partial charge < -0.3 is 9.67 Å². The predicted octanol–water partition coefficient (Wildman–Crippen LogP) is 6.44. The lowest BCUT2D eigenvalue weighted by molar-refractivity contribution is 0.0697. The molecule has 2 aromatic heterocycles. The monoisotopic (exact) mass is 427 g/mol. The van der Waals surface area contributed by atoms with Crippen LogP contribution in [0.3, 0.4) is 0 Å². The average Bonchev–Trinajstić information content (AvgIpc) is 3.34. The lowest BCUT2D eigenvalue weighted by atomic mass is 9.94. The highest BCUT2D eigenvalue weighted by atomic mass is 19.1. The minimum absolute atomic E-state index is 0.118. The Labute approximate surface area is 184 Å². The van der Waals surface area contributed by atoms with Crippen LogP contribution in [0.1, 0.15) is 41.4 Å². The molecule has 3 aromatic carbocycles. The smallest absolute Gasteiger partial charge is 0.335 e. The first kappa shape index (κ1) is 20.0. The number of hydrogen-bond acceptors (Lipinski definition) is 2. The first-order chi connectivity index (χ1) is 15.3. The highest BCUT2D eigenvalue weighted by Crippen LogP contribution is 2.42. The number of aromatic nitrogens is 3. The fraction of sp³-hybridized carbons (Fsp3) is 0.154. The van der Waals surface area contributed by atoms with Crippen LogP contribution in [-0.2, 0) is 0 Å². The van der Waals surface area contributed by atoms with Gasteiger partial charge in [0.05, 0.1) is 22.8 Å². The van der Waals surface area contributed by atoms with Gasteiger partial charge in [0.2, 0.25) is 0 Å². The molecule has 6 heteroatoms. The molecule has 0 amide bonds. The Morgan fingerprint density at radius 1 is 1.09 bits per heavy atom. The molecule has 0 unspecified atom stereocenters. The summed E-state index contributed by atoms with van der Waals surface area (Å²) >= 11 is 0. The number of aromatic carboxylic acids is 1. The fourth-order valence-corrected chi connectivity index (χ4v) is 4.51. The molecule has 5 aromatic rings. The van der Waals surface area contributed by atoms with Crippen molar-refractivity contribution in [2.45, 2.75) is 26.7 Å². The van der Waals surface area contributed by atoms with Gasteiger partial charge in [-0.05, 0) is 72.5 Å². The van der Waals surface area contributed by atoms with Crippen molar-refractivity contribution in [3.8, 4) is 16.8 Å². The maximum atomic E-state index is 13.7. The molecule has 0 aliphatic heterocycles. The van der Waals surface area contributed by atoms with Gasteiger partial charge in [-0.3, -0.25) is 5.10 Å². The topological polar surface area (TPSA) is 70.9 Å². The number of H-pyrrole nitrogens is 1. The van der Waals surface area contributed by atoms with Crippen LogP contribution in [0.5, 0.6) is 0 Å². The van der Waals surface area contributed by atoms with E-state index in [9.17, 15) is 14.3 Å². The summed E-state index contributed by atoms with van der Waals surface area (Å²) in [5.74, 6) is -1.13. The van der Waals surface area contributed by atoms with E-state index in [1.54, 1.807) is 30.5 Å². The molecule has 0 atom stereocenters. The average molecular weight is 427 g/mol. The van der Waals surface area contributed by atoms with Crippen LogP contribution in [0.4, 0.5) is 4.39 Å². The molecule has 0 saturated carbocycles. The number of carboxylic acids is 1. The van der Waals surface area contributed by atoms with E-state index in [2.05, 4.69) is 40.7 Å². The first-order valence-electron chi connectivity index (χ1n) is 10.5. The number of hydrogen-bond donors (Lipinski definition) is 2. The van der Waals surface area contributed by atoms with Crippen molar-refractivity contribution in [2.24, 2.45) is 0 Å². The van der Waals surface area contributed by atoms with E-state index < -0.39 is 5.97 Å². The van der Waals surface area contributed by atoms with Gasteiger partial charge in [-0.1, -0.05) is 19.9 Å². The Balaban J connectivity index is 1.95. The van der Waals surface area contributed by atoms with Gasteiger partial charge >= 0.3 is 5.97 Å². The zero-order valence-corrected chi connectivity index (χ0v) is 18.0. The van der Waals surface area contributed by atoms with Crippen LogP contribution < -0.4 is 0 Å². The standard InChI is InChI=1S/C26H22FN3O2/c1-14(2)25-24(16-8-15(3)9-17(10-16)26(31)32)21-12-22-18(13-28-29-22)11-23(21)30(25)20-6-4-19(27)5-7-20/h4-14H,1-3H3,(H,28,29)(H,31,32). The molecule has 0 saturated heterocycles. The fourth-order valence-electron chi connectivity index (χ4n) is 4.51. The summed E-state index contributed by atoms with van der Waals surface area (Å²) < 4.78 is 15.8. The number of benzene rings is 3. The van der Waals surface area contributed by atoms with Crippen molar-refractivity contribution in [1.82, 2.24) is 14.8 Å². The van der Waals surface area contributed by atoms with Gasteiger partial charge in [0.1, 0.15) is 5.82 Å². The molecule has 32 heavy (non-hydrogen) atoms. The molecular formula is C26H22FN3O2. The van der Waals surface area contributed by atoms with E-state index in [1.807, 2.05) is 13.0 Å². The molecule has 0 aliphatic rings. The predicted molar refractivity (Wildman–Crippen MR) is 124 cm³/mol. The van der Waals surface area contributed by atoms with E-state index in [4.69, 9.17) is 0 Å². The number of fused-ring (bicyclic) bond motifs is 2. The van der Waals surface area contributed by atoms with Crippen LogP contribution in [0.25, 0.3) is 38.6 Å². The number of nitrogens with zero attached hydrogens (tertiary/aromatic N) is 2. The van der Waals surface area contributed by atoms with E-state index in [0.29, 0.717) is 0 Å². The lowest BCUT2D eigenvalue weighted by Gasteiger charge is -2.16. The number of carbonyl (C=O) groups is 1. The Morgan fingerprint density at radius 2 is 1.84 bits per heavy atom. The van der Waals surface area contributed by atoms with E-state index in [1.165, 1.54) is 12.1 Å². The third-order valence-corrected chi connectivity index (χ3v) is 5.81. The Hall–Kier alpha value is -3.93. The largest absolute Gasteiger partial charge is 0.478 e. The van der Waals surface area contributed by atoms with Crippen LogP contribution >= 0.6 is 0 Å². The second-order valence-electron chi connectivity index (χ2n) is 8.45. The molecule has 160 valence electrons. The maximum absolute atomic E-state index is 13.7. The normalized spacial score (nSPS) is 11.7. The van der Waals surface area contributed by atoms with Crippen molar-refractivity contribution in [2.75, 3.05) is 0 Å². The summed E-state index contributed by atoms with van der Waals surface area (Å²) in [5.41, 5.74) is 6.69. The summed E-state index contributed by atoms with van der Waals surface area (Å²) in [6.45, 7) is 6.12.